The summed E-state index contributed by atoms with van der Waals surface area (Å²) < 4.78 is 5.65. The first-order valence-corrected chi connectivity index (χ1v) is 10.1. The van der Waals surface area contributed by atoms with Crippen LogP contribution >= 0.6 is 0 Å². The number of unbranched alkanes of at least 4 members (excludes halogenated alkanes) is 10. The van der Waals surface area contributed by atoms with Crippen molar-refractivity contribution in [1.82, 2.24) is 0 Å². The van der Waals surface area contributed by atoms with Crippen LogP contribution in [0, 0.1) is 0 Å². The van der Waals surface area contributed by atoms with E-state index in [0.717, 1.165) is 20.1 Å². The lowest BCUT2D eigenvalue weighted by atomic mass is 10.1. The van der Waals surface area contributed by atoms with Gasteiger partial charge < -0.3 is 20.1 Å². The molecule has 0 heterocycles. The number of hydrogen-bond donors (Lipinski definition) is 3. The molecule has 5 nitrogen and oxygen atoms in total. The molecule has 0 aliphatic rings. The van der Waals surface area contributed by atoms with E-state index in [1.54, 1.807) is 0 Å². The van der Waals surface area contributed by atoms with Gasteiger partial charge in [-0.1, -0.05) is 78.1 Å². The highest BCUT2D eigenvalue weighted by Crippen LogP contribution is 2.06. The van der Waals surface area contributed by atoms with Crippen molar-refractivity contribution < 1.29 is 24.9 Å². The summed E-state index contributed by atoms with van der Waals surface area (Å²) in [6, 6.07) is 0. The van der Waals surface area contributed by atoms with Gasteiger partial charge in [-0.3, -0.25) is 4.79 Å². The molecule has 3 N–H and O–H groups in total. The van der Waals surface area contributed by atoms with Crippen LogP contribution in [-0.4, -0.2) is 47.7 Å². The van der Waals surface area contributed by atoms with Crippen molar-refractivity contribution in [3.63, 3.8) is 0 Å². The molecule has 0 radical (unpaired) electrons. The first-order valence-electron chi connectivity index (χ1n) is 10.1. The van der Waals surface area contributed by atoms with Crippen LogP contribution in [0.25, 0.3) is 0 Å². The molecule has 0 fully saturated rings. The largest absolute Gasteiger partial charge is 0.481 e. The van der Waals surface area contributed by atoms with Crippen molar-refractivity contribution in [2.45, 2.75) is 97.8 Å². The first-order chi connectivity index (χ1) is 12.1. The summed E-state index contributed by atoms with van der Waals surface area (Å²) in [6.45, 7) is 7.34. The molecule has 0 amide bonds. The van der Waals surface area contributed by atoms with Crippen LogP contribution in [0.2, 0.25) is 0 Å². The van der Waals surface area contributed by atoms with Gasteiger partial charge >= 0.3 is 0 Å². The van der Waals surface area contributed by atoms with Crippen LogP contribution in [0.3, 0.4) is 0 Å². The molecule has 0 unspecified atom stereocenters. The fourth-order valence-electron chi connectivity index (χ4n) is 2.07. The predicted molar refractivity (Wildman–Crippen MR) is 105 cm³/mol. The van der Waals surface area contributed by atoms with Crippen LogP contribution in [-0.2, 0) is 9.53 Å². The van der Waals surface area contributed by atoms with E-state index in [9.17, 15) is 0 Å². The third kappa shape index (κ3) is 51.7. The predicted octanol–water partition coefficient (Wildman–Crippen LogP) is 4.79. The average molecular weight is 365 g/mol. The van der Waals surface area contributed by atoms with Gasteiger partial charge in [-0.2, -0.15) is 0 Å². The summed E-state index contributed by atoms with van der Waals surface area (Å²) in [5, 5.41) is 22.7. The standard InChI is InChI=1S/C16H34O.C2H4O2.C2H6O2/c1-3-5-7-9-11-13-15-17-16-14-12-10-8-6-4-2;1-2(3)4;3-1-2-4/h3-16H2,1-2H3;1H3,(H,3,4);3-4H,1-2H2. The number of carboxylic acids is 1. The second kappa shape index (κ2) is 31.2. The topological polar surface area (TPSA) is 87.0 Å². The molecule has 0 saturated heterocycles. The minimum atomic E-state index is -0.833. The molecule has 25 heavy (non-hydrogen) atoms. The van der Waals surface area contributed by atoms with Gasteiger partial charge in [0.1, 0.15) is 0 Å². The monoisotopic (exact) mass is 364 g/mol. The molecule has 0 saturated carbocycles. The van der Waals surface area contributed by atoms with Gasteiger partial charge in [0.05, 0.1) is 13.2 Å². The molecule has 0 aliphatic heterocycles. The molecule has 154 valence electrons. The Labute approximate surface area is 155 Å². The van der Waals surface area contributed by atoms with Crippen LogP contribution in [0.1, 0.15) is 97.8 Å². The molecular weight excluding hydrogens is 320 g/mol. The van der Waals surface area contributed by atoms with Gasteiger partial charge in [-0.25, -0.2) is 0 Å². The SMILES string of the molecule is CC(=O)O.CCCCCCCCOCCCCCCCC.OCCO. The smallest absolute Gasteiger partial charge is 0.300 e. The Balaban J connectivity index is -0.000000503. The van der Waals surface area contributed by atoms with Crippen molar-refractivity contribution in [1.29, 1.82) is 0 Å². The second-order valence-electron chi connectivity index (χ2n) is 6.11. The van der Waals surface area contributed by atoms with Crippen LogP contribution in [0.15, 0.2) is 0 Å². The number of carboxylic acid groups (broad SMARTS) is 1. The van der Waals surface area contributed by atoms with Crippen molar-refractivity contribution in [2.24, 2.45) is 0 Å². The maximum Gasteiger partial charge on any atom is 0.300 e. The summed E-state index contributed by atoms with van der Waals surface area (Å²) >= 11 is 0. The van der Waals surface area contributed by atoms with Gasteiger partial charge in [-0.15, -0.1) is 0 Å². The van der Waals surface area contributed by atoms with Gasteiger partial charge in [0.15, 0.2) is 0 Å². The fraction of sp³-hybridized carbons (Fsp3) is 0.950. The third-order valence-corrected chi connectivity index (χ3v) is 3.38. The van der Waals surface area contributed by atoms with E-state index in [2.05, 4.69) is 13.8 Å². The summed E-state index contributed by atoms with van der Waals surface area (Å²) in [5.41, 5.74) is 0. The van der Waals surface area contributed by atoms with E-state index in [4.69, 9.17) is 24.9 Å². The maximum atomic E-state index is 9.00. The zero-order valence-electron chi connectivity index (χ0n) is 17.0. The Kier molecular flexibility index (Phi) is 36.3. The Morgan fingerprint density at radius 3 is 1.24 bits per heavy atom. The van der Waals surface area contributed by atoms with Crippen molar-refractivity contribution in [3.8, 4) is 0 Å². The molecule has 0 aromatic heterocycles. The quantitative estimate of drug-likeness (QED) is 0.364. The summed E-state index contributed by atoms with van der Waals surface area (Å²) in [5.74, 6) is -0.833. The summed E-state index contributed by atoms with van der Waals surface area (Å²) in [7, 11) is 0. The molecule has 0 aromatic carbocycles. The van der Waals surface area contributed by atoms with Gasteiger partial charge in [0, 0.05) is 20.1 Å². The molecule has 0 bridgehead atoms. The molecular formula is C20H44O5. The minimum absolute atomic E-state index is 0.125. The summed E-state index contributed by atoms with van der Waals surface area (Å²) in [6.07, 6.45) is 16.3. The number of hydrogen-bond acceptors (Lipinski definition) is 4. The van der Waals surface area contributed by atoms with E-state index in [1.807, 2.05) is 0 Å². The highest BCUT2D eigenvalue weighted by Gasteiger charge is 1.92. The first kappa shape index (κ1) is 29.1. The Morgan fingerprint density at radius 1 is 0.680 bits per heavy atom. The lowest BCUT2D eigenvalue weighted by molar-refractivity contribution is -0.134. The van der Waals surface area contributed by atoms with Crippen LogP contribution in [0.5, 0.6) is 0 Å². The van der Waals surface area contributed by atoms with E-state index in [0.29, 0.717) is 0 Å². The number of carbonyl (C=O) groups is 1. The van der Waals surface area contributed by atoms with Crippen LogP contribution in [0.4, 0.5) is 0 Å². The number of aliphatic hydroxyl groups excluding tert-OH is 2. The van der Waals surface area contributed by atoms with E-state index in [-0.39, 0.29) is 13.2 Å². The molecule has 0 aliphatic carbocycles. The second-order valence-corrected chi connectivity index (χ2v) is 6.11. The average Bonchev–Trinajstić information content (AvgIpc) is 2.59. The molecule has 0 aromatic rings. The number of aliphatic carboxylic acids is 1. The minimum Gasteiger partial charge on any atom is -0.481 e. The highest BCUT2D eigenvalue weighted by atomic mass is 16.5. The molecule has 0 spiro atoms. The lowest BCUT2D eigenvalue weighted by Gasteiger charge is -2.04. The summed E-state index contributed by atoms with van der Waals surface area (Å²) in [4.78, 5) is 9.00. The zero-order valence-corrected chi connectivity index (χ0v) is 17.0. The van der Waals surface area contributed by atoms with Crippen LogP contribution < -0.4 is 0 Å². The maximum absolute atomic E-state index is 9.00. The van der Waals surface area contributed by atoms with Crippen molar-refractivity contribution in [3.05, 3.63) is 0 Å². The van der Waals surface area contributed by atoms with Gasteiger partial charge in [-0.05, 0) is 12.8 Å². The fourth-order valence-corrected chi connectivity index (χ4v) is 2.07. The normalized spacial score (nSPS) is 9.64. The molecule has 0 atom stereocenters. The molecule has 0 rings (SSSR count). The third-order valence-electron chi connectivity index (χ3n) is 3.38. The molecule has 5 heteroatoms. The number of rotatable bonds is 15. The number of aliphatic hydroxyl groups is 2. The zero-order chi connectivity index (χ0) is 19.6. The Morgan fingerprint density at radius 2 is 0.960 bits per heavy atom. The Hall–Kier alpha value is -0.650. The van der Waals surface area contributed by atoms with Crippen molar-refractivity contribution >= 4 is 5.97 Å². The van der Waals surface area contributed by atoms with Gasteiger partial charge in [0.25, 0.3) is 5.97 Å². The van der Waals surface area contributed by atoms with Crippen molar-refractivity contribution in [2.75, 3.05) is 26.4 Å². The van der Waals surface area contributed by atoms with E-state index in [1.165, 1.54) is 77.0 Å². The lowest BCUT2D eigenvalue weighted by Crippen LogP contribution is -1.97. The van der Waals surface area contributed by atoms with E-state index >= 15 is 0 Å². The van der Waals surface area contributed by atoms with Gasteiger partial charge in [0.2, 0.25) is 0 Å². The van der Waals surface area contributed by atoms with E-state index < -0.39 is 5.97 Å². The Bertz CT molecular complexity index is 202. The highest BCUT2D eigenvalue weighted by molar-refractivity contribution is 5.62. The number of ether oxygens (including phenoxy) is 1.